The second-order valence-electron chi connectivity index (χ2n) is 34.0. The molecule has 4 aromatic carbocycles. The highest BCUT2D eigenvalue weighted by Crippen LogP contribution is 2.70. The van der Waals surface area contributed by atoms with E-state index in [1.54, 1.807) is 14.2 Å². The fraction of sp³-hybridized carbons (Fsp3) is 0.575. The normalized spacial score (nSPS) is 31.4. The van der Waals surface area contributed by atoms with Crippen molar-refractivity contribution in [3.05, 3.63) is 142 Å². The van der Waals surface area contributed by atoms with Crippen molar-refractivity contribution in [1.29, 1.82) is 0 Å². The van der Waals surface area contributed by atoms with Crippen molar-refractivity contribution in [2.75, 3.05) is 111 Å². The molecule has 31 heteroatoms. The molecule has 10 aliphatic rings. The lowest BCUT2D eigenvalue weighted by atomic mass is 9.47. The van der Waals surface area contributed by atoms with Gasteiger partial charge in [-0.05, 0) is 150 Å². The zero-order valence-electron chi connectivity index (χ0n) is 69.5. The number of amides is 1. The number of anilines is 2. The van der Waals surface area contributed by atoms with Gasteiger partial charge in [0.05, 0.1) is 44.6 Å². The summed E-state index contributed by atoms with van der Waals surface area (Å²) in [4.78, 5) is 94.7. The zero-order valence-corrected chi connectivity index (χ0v) is 70.3. The van der Waals surface area contributed by atoms with E-state index in [0.717, 1.165) is 171 Å². The predicted molar refractivity (Wildman–Crippen MR) is 438 cm³/mol. The average molecular weight is 1650 g/mol. The number of nitrogens with zero attached hydrogens (tertiary/aromatic N) is 6. The van der Waals surface area contributed by atoms with Gasteiger partial charge in [0, 0.05) is 174 Å². The largest absolute Gasteiger partial charge is 0.496 e. The van der Waals surface area contributed by atoms with E-state index in [0.29, 0.717) is 38.8 Å². The SMILES string of the molecule is CCC1(O)CCCN(CCc2c([C@@H](C)c3cc4c(cc3OC)N(C)[C@H]3[C@@](O)(C(=O)NN)[C@H](O)[C@]5(CC)C=CCN6CC[C@]43[C@@H]65)[nH]c3ccccc23)C1.CCC1(O)CCCN(CCc2c([C@@H](C)c3cc4c(cc3OC)N(C)[C@H]3[C@@](O)(C(=O)OC)[C@H](OC(C)=O)[C@]5(CC)C=CCN6CC[C@]43[C@@H]65)[nH]c3ccccc23)C1.O=C=O.O=C=O.O=S(=O)(O)O. The number of aromatic amines is 2. The lowest BCUT2D eigenvalue weighted by molar-refractivity contribution is -0.228. The Morgan fingerprint density at radius 2 is 1.02 bits per heavy atom. The number of carbonyl (C=O) groups excluding carboxylic acids is 7. The molecule has 4 saturated heterocycles. The predicted octanol–water partition coefficient (Wildman–Crippen LogP) is 6.53. The number of hydrogen-bond acceptors (Lipinski definition) is 25. The molecule has 30 nitrogen and oxygen atoms in total. The lowest BCUT2D eigenvalue weighted by Gasteiger charge is -2.63. The number of carbonyl (C=O) groups is 3. The third kappa shape index (κ3) is 14.5. The first-order valence-corrected chi connectivity index (χ1v) is 42.4. The fourth-order valence-corrected chi connectivity index (χ4v) is 23.8. The number of para-hydroxylation sites is 2. The molecule has 2 unspecified atom stereocenters. The van der Waals surface area contributed by atoms with E-state index >= 15 is 0 Å². The van der Waals surface area contributed by atoms with Crippen LogP contribution in [-0.4, -0.2) is 262 Å². The van der Waals surface area contributed by atoms with Crippen LogP contribution in [0, 0.1) is 10.8 Å². The molecule has 2 aliphatic carbocycles. The molecule has 0 radical (unpaired) electrons. The molecule has 640 valence electrons. The molecule has 118 heavy (non-hydrogen) atoms. The van der Waals surface area contributed by atoms with Crippen LogP contribution in [0.15, 0.2) is 97.1 Å². The number of rotatable bonds is 19. The molecule has 2 aromatic heterocycles. The van der Waals surface area contributed by atoms with Gasteiger partial charge in [-0.2, -0.15) is 27.6 Å². The van der Waals surface area contributed by atoms with Gasteiger partial charge < -0.3 is 74.0 Å². The Balaban J connectivity index is 0.000000193. The smallest absolute Gasteiger partial charge is 0.394 e. The summed E-state index contributed by atoms with van der Waals surface area (Å²) in [6, 6.07) is 23.8. The van der Waals surface area contributed by atoms with E-state index in [1.807, 2.05) is 30.8 Å². The molecule has 0 bridgehead atoms. The number of aliphatic hydroxyl groups is 5. The van der Waals surface area contributed by atoms with E-state index in [4.69, 9.17) is 61.5 Å². The molecular weight excluding hydrogens is 1540 g/mol. The standard InChI is InChI=1S/C44H58N4O7.C41H56N6O5.2CO2.H2O4S/c1-8-41(51)17-12-20-47(26-41)22-16-30-29-14-10-11-15-33(29)45-36(30)27(3)31-24-32-34(25-35(31)53-6)46(5)38-43(32)19-23-48-21-13-18-42(9-2,37(43)48)39(55-28(4)49)44(38,52)40(50)54-7;1-6-38(50)15-10-18-46(24-38)20-14-27-26-12-8-9-13-30(26)43-33(27)25(3)28-22-29-31(23-32(28)52-5)45(4)35-40(29)17-21-47-19-11-16-39(7-2,34(40)47)36(48)41(35,51)37(49)44-42;2*2-1-3;1-5(2,3)4/h10-11,13-15,18,24-25,27,37-39,45,51-52H,8-9,12,16-17,19-23,26H2,1-7H3;8-9,11-13,16,22-23,25,34-36,43,48,50-51H,6-7,10,14-15,17-21,24,42H2,1-5H3,(H,44,49);;;(H2,1,2,3,4)/t27-,37-,38+,39+,41?,42+,43+,44-;25-,34-,35+,36+,38?,39+,40+,41-;;;/m00.../s1. The molecule has 12 N–H and O–H groups in total. The first-order valence-electron chi connectivity index (χ1n) is 41.0. The number of aliphatic hydroxyl groups excluding tert-OH is 1. The summed E-state index contributed by atoms with van der Waals surface area (Å²) in [6.07, 6.45) is 15.7. The van der Waals surface area contributed by atoms with Gasteiger partial charge >= 0.3 is 34.6 Å². The molecule has 6 aromatic rings. The van der Waals surface area contributed by atoms with Crippen molar-refractivity contribution < 1.29 is 95.6 Å². The number of benzene rings is 4. The van der Waals surface area contributed by atoms with Crippen LogP contribution < -0.4 is 30.5 Å². The maximum atomic E-state index is 14.2. The summed E-state index contributed by atoms with van der Waals surface area (Å²) in [7, 11) is 3.86. The Morgan fingerprint density at radius 1 is 0.610 bits per heavy atom. The van der Waals surface area contributed by atoms with E-state index in [-0.39, 0.29) is 36.2 Å². The molecule has 6 fully saturated rings. The highest BCUT2D eigenvalue weighted by molar-refractivity contribution is 7.79. The summed E-state index contributed by atoms with van der Waals surface area (Å²) in [6.45, 7) is 22.1. The summed E-state index contributed by atoms with van der Waals surface area (Å²) in [5.74, 6) is 4.92. The van der Waals surface area contributed by atoms with Gasteiger partial charge in [0.25, 0.3) is 5.91 Å². The third-order valence-corrected chi connectivity index (χ3v) is 28.7. The molecule has 8 aliphatic heterocycles. The van der Waals surface area contributed by atoms with Crippen molar-refractivity contribution in [3.8, 4) is 11.5 Å². The Labute approximate surface area is 688 Å². The monoisotopic (exact) mass is 1650 g/mol. The molecule has 16 atom stereocenters. The van der Waals surface area contributed by atoms with E-state index in [9.17, 15) is 39.9 Å². The van der Waals surface area contributed by atoms with Gasteiger partial charge in [-0.1, -0.05) is 102 Å². The van der Waals surface area contributed by atoms with Gasteiger partial charge in [0.2, 0.25) is 5.60 Å². The first-order chi connectivity index (χ1) is 56.1. The summed E-state index contributed by atoms with van der Waals surface area (Å²) < 4.78 is 55.5. The van der Waals surface area contributed by atoms with Gasteiger partial charge in [0.15, 0.2) is 11.7 Å². The maximum absolute atomic E-state index is 14.2. The zero-order chi connectivity index (χ0) is 85.8. The Bertz CT molecular complexity index is 4990. The average Bonchev–Trinajstić information content (AvgIpc) is 1.47. The van der Waals surface area contributed by atoms with Gasteiger partial charge in [-0.3, -0.25) is 33.9 Å². The van der Waals surface area contributed by atoms with Crippen LogP contribution >= 0.6 is 0 Å². The third-order valence-electron chi connectivity index (χ3n) is 28.7. The van der Waals surface area contributed by atoms with E-state index in [1.165, 1.54) is 35.9 Å². The van der Waals surface area contributed by atoms with Crippen LogP contribution in [0.4, 0.5) is 11.4 Å². The van der Waals surface area contributed by atoms with Crippen LogP contribution in [0.2, 0.25) is 0 Å². The van der Waals surface area contributed by atoms with Gasteiger partial charge in [-0.25, -0.2) is 10.6 Å². The number of fused-ring (bicyclic) bond motifs is 4. The Kier molecular flexibility index (Phi) is 25.6. The van der Waals surface area contributed by atoms with Crippen LogP contribution in [0.3, 0.4) is 0 Å². The van der Waals surface area contributed by atoms with Gasteiger partial charge in [0.1, 0.15) is 17.6 Å². The minimum Gasteiger partial charge on any atom is -0.496 e. The molecule has 1 amide bonds. The highest BCUT2D eigenvalue weighted by Gasteiger charge is 2.81. The molecule has 2 saturated carbocycles. The molecule has 10 heterocycles. The summed E-state index contributed by atoms with van der Waals surface area (Å²) >= 11 is 0. The quantitative estimate of drug-likeness (QED) is 0.0102. The number of likely N-dealkylation sites (tertiary alicyclic amines) is 2. The summed E-state index contributed by atoms with van der Waals surface area (Å²) in [5, 5.41) is 62.7. The number of hydrogen-bond donors (Lipinski definition) is 11. The number of piperidine rings is 2. The van der Waals surface area contributed by atoms with Crippen molar-refractivity contribution in [3.63, 3.8) is 0 Å². The van der Waals surface area contributed by atoms with E-state index in [2.05, 4.69) is 167 Å². The van der Waals surface area contributed by atoms with Crippen LogP contribution in [0.5, 0.6) is 11.5 Å². The number of likely N-dealkylation sites (N-methyl/N-ethyl adjacent to an activating group) is 2. The highest BCUT2D eigenvalue weighted by atomic mass is 32.3. The number of nitrogens with two attached hydrogens (primary N) is 1. The summed E-state index contributed by atoms with van der Waals surface area (Å²) in [5.41, 5.74) is 6.43. The number of H-pyrrole nitrogens is 2. The number of ether oxygens (including phenoxy) is 4. The van der Waals surface area contributed by atoms with Crippen LogP contribution in [-0.2, 0) is 77.1 Å². The van der Waals surface area contributed by atoms with E-state index < -0.39 is 96.6 Å². The topological polar surface area (TPSA) is 421 Å². The Hall–Kier alpha value is -8.72. The maximum Gasteiger partial charge on any atom is 0.394 e. The number of β-amino-alcohol motifs (C(OH)–C–C–N with tert-alkyl or cyclic N) is 2. The van der Waals surface area contributed by atoms with Crippen LogP contribution in [0.1, 0.15) is 169 Å². The van der Waals surface area contributed by atoms with Crippen molar-refractivity contribution in [1.82, 2.24) is 35.0 Å². The molecule has 16 rings (SSSR count). The lowest BCUT2D eigenvalue weighted by Crippen LogP contribution is -2.82. The van der Waals surface area contributed by atoms with Crippen molar-refractivity contribution >= 4 is 73.7 Å². The van der Waals surface area contributed by atoms with Crippen molar-refractivity contribution in [2.24, 2.45) is 16.7 Å². The van der Waals surface area contributed by atoms with Crippen LogP contribution in [0.25, 0.3) is 21.8 Å². The van der Waals surface area contributed by atoms with Gasteiger partial charge in [-0.15, -0.1) is 0 Å². The second-order valence-corrected chi connectivity index (χ2v) is 34.9. The minimum absolute atomic E-state index is 0.0857. The van der Waals surface area contributed by atoms with Crippen molar-refractivity contribution in [2.45, 2.75) is 207 Å². The number of esters is 2. The minimum atomic E-state index is -4.67. The molecular formula is C87H116N10O20S. The Morgan fingerprint density at radius 3 is 1.41 bits per heavy atom. The molecule has 2 spiro atoms. The fourth-order valence-electron chi connectivity index (χ4n) is 23.8. The number of nitrogens with one attached hydrogen (secondary N) is 3. The first kappa shape index (κ1) is 88.6. The number of methoxy groups -OCH3 is 3. The second kappa shape index (κ2) is 34.1. The number of aromatic nitrogens is 2. The number of hydrazine groups is 1.